The highest BCUT2D eigenvalue weighted by Gasteiger charge is 2.36. The van der Waals surface area contributed by atoms with E-state index in [0.717, 1.165) is 19.3 Å². The van der Waals surface area contributed by atoms with E-state index in [-0.39, 0.29) is 5.41 Å². The van der Waals surface area contributed by atoms with Gasteiger partial charge in [0.1, 0.15) is 0 Å². The number of hydrogen-bond acceptors (Lipinski definition) is 1. The van der Waals surface area contributed by atoms with Crippen LogP contribution in [0.3, 0.4) is 0 Å². The van der Waals surface area contributed by atoms with Crippen LogP contribution < -0.4 is 4.90 Å². The van der Waals surface area contributed by atoms with Crippen molar-refractivity contribution in [3.63, 3.8) is 0 Å². The molecule has 0 amide bonds. The number of nitrogens with zero attached hydrogens (tertiary/aromatic N) is 2. The van der Waals surface area contributed by atoms with Crippen LogP contribution in [0.4, 0.5) is 5.69 Å². The minimum Gasteiger partial charge on any atom is -0.314 e. The Morgan fingerprint density at radius 2 is 1.40 bits per heavy atom. The summed E-state index contributed by atoms with van der Waals surface area (Å²) in [6, 6.07) is 54.0. The van der Waals surface area contributed by atoms with Crippen LogP contribution in [0.25, 0.3) is 71.3 Å². The average molecular weight is 729 g/mol. The molecule has 4 aliphatic carbocycles. The number of para-hydroxylation sites is 2. The van der Waals surface area contributed by atoms with E-state index in [2.05, 4.69) is 205 Å². The maximum absolute atomic E-state index is 2.63. The Labute approximate surface area is 333 Å². The van der Waals surface area contributed by atoms with Gasteiger partial charge in [-0.05, 0) is 106 Å². The Bertz CT molecular complexity index is 3210. The van der Waals surface area contributed by atoms with Gasteiger partial charge in [0.2, 0.25) is 0 Å². The lowest BCUT2D eigenvalue weighted by atomic mass is 9.73. The van der Waals surface area contributed by atoms with Crippen molar-refractivity contribution < 1.29 is 0 Å². The number of fused-ring (bicyclic) bond motifs is 9. The number of aromatic nitrogens is 1. The summed E-state index contributed by atoms with van der Waals surface area (Å²) >= 11 is 0. The summed E-state index contributed by atoms with van der Waals surface area (Å²) in [6.45, 7) is 2.37. The quantitative estimate of drug-likeness (QED) is 0.160. The molecule has 270 valence electrons. The van der Waals surface area contributed by atoms with Crippen molar-refractivity contribution >= 4 is 60.2 Å². The van der Waals surface area contributed by atoms with E-state index in [9.17, 15) is 0 Å². The lowest BCUT2D eigenvalue weighted by Gasteiger charge is -2.38. The van der Waals surface area contributed by atoms with Crippen LogP contribution in [-0.4, -0.2) is 4.57 Å². The van der Waals surface area contributed by atoms with Crippen LogP contribution >= 0.6 is 0 Å². The fraction of sp³-hybridized carbons (Fsp3) is 0.0909. The van der Waals surface area contributed by atoms with Crippen molar-refractivity contribution in [1.29, 1.82) is 0 Å². The third kappa shape index (κ3) is 4.77. The van der Waals surface area contributed by atoms with Gasteiger partial charge in [0.15, 0.2) is 0 Å². The smallest absolute Gasteiger partial charge is 0.0542 e. The summed E-state index contributed by atoms with van der Waals surface area (Å²) in [5.41, 5.74) is 16.7. The normalized spacial score (nSPS) is 18.2. The molecular formula is C55H40N2. The SMILES string of the molecule is C[C@]12C=CC=CC1=CC(N(C1=C3C(=CCC1)c1cccc4cc5ccccc5c3c14)c1ccc3c(c1)c1ccccc1n3-c1ccccc1-c1ccccc1)=CC2. The largest absolute Gasteiger partial charge is 0.314 e. The molecule has 12 rings (SSSR count). The van der Waals surface area contributed by atoms with Crippen molar-refractivity contribution in [1.82, 2.24) is 4.57 Å². The molecule has 0 spiro atoms. The minimum atomic E-state index is -0.00569. The second kappa shape index (κ2) is 12.3. The van der Waals surface area contributed by atoms with Gasteiger partial charge >= 0.3 is 0 Å². The fourth-order valence-corrected chi connectivity index (χ4v) is 10.2. The highest BCUT2D eigenvalue weighted by molar-refractivity contribution is 6.29. The number of anilines is 1. The molecule has 0 radical (unpaired) electrons. The Balaban J connectivity index is 1.13. The molecule has 8 aromatic rings. The van der Waals surface area contributed by atoms with E-state index in [1.807, 2.05) is 0 Å². The first-order chi connectivity index (χ1) is 28.1. The first kappa shape index (κ1) is 32.4. The monoisotopic (exact) mass is 728 g/mol. The summed E-state index contributed by atoms with van der Waals surface area (Å²) in [7, 11) is 0. The molecule has 7 aromatic carbocycles. The molecule has 1 heterocycles. The molecule has 0 unspecified atom stereocenters. The first-order valence-corrected chi connectivity index (χ1v) is 20.3. The molecule has 1 aromatic heterocycles. The van der Waals surface area contributed by atoms with E-state index in [4.69, 9.17) is 0 Å². The van der Waals surface area contributed by atoms with Gasteiger partial charge in [-0.1, -0.05) is 153 Å². The Kier molecular flexibility index (Phi) is 6.98. The Morgan fingerprint density at radius 1 is 0.632 bits per heavy atom. The predicted molar refractivity (Wildman–Crippen MR) is 241 cm³/mol. The zero-order chi connectivity index (χ0) is 37.7. The van der Waals surface area contributed by atoms with Crippen LogP contribution in [-0.2, 0) is 0 Å². The maximum Gasteiger partial charge on any atom is 0.0542 e. The number of rotatable bonds is 5. The number of hydrogen-bond donors (Lipinski definition) is 0. The minimum absolute atomic E-state index is 0.00569. The molecule has 0 saturated heterocycles. The van der Waals surface area contributed by atoms with Crippen molar-refractivity contribution in [3.05, 3.63) is 216 Å². The summed E-state index contributed by atoms with van der Waals surface area (Å²) < 4.78 is 2.47. The zero-order valence-corrected chi connectivity index (χ0v) is 31.9. The van der Waals surface area contributed by atoms with Gasteiger partial charge in [-0.3, -0.25) is 0 Å². The molecule has 0 N–H and O–H groups in total. The summed E-state index contributed by atoms with van der Waals surface area (Å²) in [4.78, 5) is 2.63. The van der Waals surface area contributed by atoms with E-state index in [1.165, 1.54) is 105 Å². The van der Waals surface area contributed by atoms with Gasteiger partial charge in [0.05, 0.1) is 16.7 Å². The van der Waals surface area contributed by atoms with Crippen LogP contribution in [0.5, 0.6) is 0 Å². The van der Waals surface area contributed by atoms with Crippen LogP contribution in [0, 0.1) is 5.41 Å². The maximum atomic E-state index is 2.63. The highest BCUT2D eigenvalue weighted by atomic mass is 15.2. The molecule has 57 heavy (non-hydrogen) atoms. The van der Waals surface area contributed by atoms with Gasteiger partial charge in [0.25, 0.3) is 0 Å². The van der Waals surface area contributed by atoms with E-state index in [1.54, 1.807) is 0 Å². The molecular weight excluding hydrogens is 689 g/mol. The third-order valence-corrected chi connectivity index (χ3v) is 12.9. The second-order valence-electron chi connectivity index (χ2n) is 16.2. The Hall–Kier alpha value is -6.90. The molecule has 2 nitrogen and oxygen atoms in total. The fourth-order valence-electron chi connectivity index (χ4n) is 10.2. The highest BCUT2D eigenvalue weighted by Crippen LogP contribution is 2.54. The standard InChI is InChI=1S/C55H40N2/c1-55-31-12-11-19-39(55)34-41(30-32-55)56(51-27-14-24-46-45-23-13-18-38-33-37-17-5-6-21-43(37)54(52(38)45)53(46)51)40-28-29-50-47(35-40)44-22-8-10-26-49(44)57(50)48-25-9-7-20-42(48)36-15-3-2-4-16-36/h2-13,15-26,28-31,33-35H,14,27,32H2,1H3/t55-/m1/s1. The van der Waals surface area contributed by atoms with Gasteiger partial charge in [-0.25, -0.2) is 0 Å². The molecule has 2 heteroatoms. The molecule has 0 aliphatic heterocycles. The van der Waals surface area contributed by atoms with E-state index < -0.39 is 0 Å². The van der Waals surface area contributed by atoms with Crippen LogP contribution in [0.2, 0.25) is 0 Å². The zero-order valence-electron chi connectivity index (χ0n) is 31.9. The molecule has 1 atom stereocenters. The van der Waals surface area contributed by atoms with Crippen molar-refractivity contribution in [2.45, 2.75) is 26.2 Å². The average Bonchev–Trinajstić information content (AvgIpc) is 3.78. The summed E-state index contributed by atoms with van der Waals surface area (Å²) in [5.74, 6) is 0. The third-order valence-electron chi connectivity index (χ3n) is 12.9. The number of benzene rings is 7. The van der Waals surface area contributed by atoms with E-state index >= 15 is 0 Å². The van der Waals surface area contributed by atoms with Gasteiger partial charge in [0, 0.05) is 50.0 Å². The second-order valence-corrected chi connectivity index (χ2v) is 16.2. The molecule has 0 bridgehead atoms. The van der Waals surface area contributed by atoms with Gasteiger partial charge in [-0.15, -0.1) is 0 Å². The Morgan fingerprint density at radius 3 is 2.33 bits per heavy atom. The van der Waals surface area contributed by atoms with Crippen LogP contribution in [0.1, 0.15) is 37.3 Å². The van der Waals surface area contributed by atoms with Crippen molar-refractivity contribution in [2.24, 2.45) is 5.41 Å². The molecule has 0 saturated carbocycles. The molecule has 0 fully saturated rings. The predicted octanol–water partition coefficient (Wildman–Crippen LogP) is 14.5. The van der Waals surface area contributed by atoms with Crippen molar-refractivity contribution in [2.75, 3.05) is 4.90 Å². The number of allylic oxidation sites excluding steroid dienone is 11. The molecule has 4 aliphatic rings. The van der Waals surface area contributed by atoms with E-state index in [0.29, 0.717) is 0 Å². The first-order valence-electron chi connectivity index (χ1n) is 20.3. The van der Waals surface area contributed by atoms with Gasteiger partial charge < -0.3 is 9.47 Å². The topological polar surface area (TPSA) is 8.17 Å². The van der Waals surface area contributed by atoms with Gasteiger partial charge in [-0.2, -0.15) is 0 Å². The summed E-state index contributed by atoms with van der Waals surface area (Å²) in [6.07, 6.45) is 19.4. The van der Waals surface area contributed by atoms with Crippen molar-refractivity contribution in [3.8, 4) is 16.8 Å². The lowest BCUT2D eigenvalue weighted by Crippen LogP contribution is -2.28. The van der Waals surface area contributed by atoms with Crippen LogP contribution in [0.15, 0.2) is 205 Å². The summed E-state index contributed by atoms with van der Waals surface area (Å²) in [5, 5.41) is 7.83. The lowest BCUT2D eigenvalue weighted by molar-refractivity contribution is 0.522.